The largest absolute Gasteiger partial charge is 0.454 e. The van der Waals surface area contributed by atoms with Crippen molar-refractivity contribution in [1.82, 2.24) is 23.8 Å². The minimum absolute atomic E-state index is 0.224. The van der Waals surface area contributed by atoms with Crippen molar-refractivity contribution in [2.24, 2.45) is 0 Å². The Bertz CT molecular complexity index is 1550. The standard InChI is InChI=1S/C26H31N7O4S/c1-18-5-7-19(8-6-18)15-33-16-28-23-24(27-14-20-9-10-21-22(13-20)37-17-36-21)29-26(30-25(23)33)31(2)11-12-32(3)38(4,34)35/h5-10,13,16H,11-12,14-15,17H2,1-4H3,(H,27,29,30). The van der Waals surface area contributed by atoms with Crippen LogP contribution in [0.3, 0.4) is 0 Å². The maximum Gasteiger partial charge on any atom is 0.231 e. The summed E-state index contributed by atoms with van der Waals surface area (Å²) in [4.78, 5) is 16.1. The lowest BCUT2D eigenvalue weighted by molar-refractivity contribution is 0.174. The summed E-state index contributed by atoms with van der Waals surface area (Å²) in [6.45, 7) is 4.11. The average molecular weight is 538 g/mol. The van der Waals surface area contributed by atoms with E-state index in [9.17, 15) is 8.42 Å². The fourth-order valence-corrected chi connectivity index (χ4v) is 4.44. The molecule has 0 aliphatic carbocycles. The topological polar surface area (TPSA) is 115 Å². The van der Waals surface area contributed by atoms with Crippen LogP contribution >= 0.6 is 0 Å². The molecule has 0 radical (unpaired) electrons. The summed E-state index contributed by atoms with van der Waals surface area (Å²) in [7, 11) is 0.122. The Morgan fingerprint density at radius 1 is 1.00 bits per heavy atom. The van der Waals surface area contributed by atoms with Crippen LogP contribution in [0.4, 0.5) is 11.8 Å². The molecule has 38 heavy (non-hydrogen) atoms. The number of imidazole rings is 1. The van der Waals surface area contributed by atoms with Crippen LogP contribution in [-0.2, 0) is 23.1 Å². The van der Waals surface area contributed by atoms with Crippen molar-refractivity contribution >= 4 is 33.0 Å². The first-order chi connectivity index (χ1) is 18.2. The quantitative estimate of drug-likeness (QED) is 0.326. The highest BCUT2D eigenvalue weighted by Crippen LogP contribution is 2.33. The maximum absolute atomic E-state index is 11.8. The highest BCUT2D eigenvalue weighted by molar-refractivity contribution is 7.88. The van der Waals surface area contributed by atoms with Gasteiger partial charge >= 0.3 is 0 Å². The number of sulfonamides is 1. The van der Waals surface area contributed by atoms with Crippen LogP contribution < -0.4 is 19.7 Å². The van der Waals surface area contributed by atoms with Crippen molar-refractivity contribution < 1.29 is 17.9 Å². The lowest BCUT2D eigenvalue weighted by Crippen LogP contribution is -2.34. The predicted octanol–water partition coefficient (Wildman–Crippen LogP) is 2.85. The molecule has 1 N–H and O–H groups in total. The SMILES string of the molecule is Cc1ccc(Cn2cnc3c(NCc4ccc5c(c4)OCO5)nc(N(C)CCN(C)S(C)(=O)=O)nc32)cc1. The fraction of sp³-hybridized carbons (Fsp3) is 0.346. The second kappa shape index (κ2) is 10.5. The molecule has 0 bridgehead atoms. The summed E-state index contributed by atoms with van der Waals surface area (Å²) in [5, 5.41) is 3.41. The molecule has 0 saturated carbocycles. The molecule has 5 rings (SSSR count). The number of fused-ring (bicyclic) bond motifs is 2. The predicted molar refractivity (Wildman–Crippen MR) is 146 cm³/mol. The Balaban J connectivity index is 1.44. The normalized spacial score (nSPS) is 12.9. The number of hydrogen-bond acceptors (Lipinski definition) is 9. The molecule has 1 aliphatic heterocycles. The number of aryl methyl sites for hydroxylation is 1. The van der Waals surface area contributed by atoms with Crippen molar-refractivity contribution in [3.05, 3.63) is 65.5 Å². The number of hydrogen-bond donors (Lipinski definition) is 1. The lowest BCUT2D eigenvalue weighted by atomic mass is 10.1. The third-order valence-electron chi connectivity index (χ3n) is 6.48. The van der Waals surface area contributed by atoms with E-state index in [-0.39, 0.29) is 6.79 Å². The zero-order chi connectivity index (χ0) is 26.9. The van der Waals surface area contributed by atoms with E-state index in [0.29, 0.717) is 49.1 Å². The average Bonchev–Trinajstić information content (AvgIpc) is 3.53. The molecule has 11 nitrogen and oxygen atoms in total. The van der Waals surface area contributed by atoms with Gasteiger partial charge in [-0.25, -0.2) is 17.7 Å². The number of nitrogens with one attached hydrogen (secondary N) is 1. The number of likely N-dealkylation sites (N-methyl/N-ethyl adjacent to an activating group) is 2. The van der Waals surface area contributed by atoms with Gasteiger partial charge in [-0.1, -0.05) is 35.9 Å². The van der Waals surface area contributed by atoms with Crippen molar-refractivity contribution in [1.29, 1.82) is 0 Å². The van der Waals surface area contributed by atoms with Crippen molar-refractivity contribution in [2.45, 2.75) is 20.0 Å². The molecule has 0 unspecified atom stereocenters. The van der Waals surface area contributed by atoms with E-state index in [2.05, 4.69) is 41.5 Å². The van der Waals surface area contributed by atoms with Gasteiger partial charge in [-0.15, -0.1) is 0 Å². The molecular formula is C26H31N7O4S. The van der Waals surface area contributed by atoms with Crippen molar-refractivity contribution in [2.75, 3.05) is 50.5 Å². The van der Waals surface area contributed by atoms with Crippen LogP contribution in [0.5, 0.6) is 11.5 Å². The molecule has 4 aromatic rings. The zero-order valence-electron chi connectivity index (χ0n) is 21.9. The molecule has 12 heteroatoms. The zero-order valence-corrected chi connectivity index (χ0v) is 22.7. The molecular weight excluding hydrogens is 506 g/mol. The van der Waals surface area contributed by atoms with Gasteiger partial charge in [0, 0.05) is 33.7 Å². The summed E-state index contributed by atoms with van der Waals surface area (Å²) in [5.41, 5.74) is 4.68. The van der Waals surface area contributed by atoms with Gasteiger partial charge in [0.2, 0.25) is 22.8 Å². The molecule has 0 fully saturated rings. The van der Waals surface area contributed by atoms with E-state index in [1.54, 1.807) is 13.4 Å². The Labute approximate surface area is 222 Å². The van der Waals surface area contributed by atoms with E-state index in [1.165, 1.54) is 16.1 Å². The van der Waals surface area contributed by atoms with Gasteiger partial charge in [-0.05, 0) is 30.2 Å². The molecule has 0 spiro atoms. The Kier molecular flexibility index (Phi) is 7.09. The van der Waals surface area contributed by atoms with E-state index in [4.69, 9.17) is 19.4 Å². The Morgan fingerprint density at radius 3 is 2.50 bits per heavy atom. The van der Waals surface area contributed by atoms with Gasteiger partial charge in [-0.3, -0.25) is 0 Å². The van der Waals surface area contributed by atoms with Crippen molar-refractivity contribution in [3.8, 4) is 11.5 Å². The van der Waals surface area contributed by atoms with Gasteiger partial charge in [0.25, 0.3) is 0 Å². The summed E-state index contributed by atoms with van der Waals surface area (Å²) < 4.78 is 37.9. The number of rotatable bonds is 10. The monoisotopic (exact) mass is 537 g/mol. The van der Waals surface area contributed by atoms with Crippen LogP contribution in [-0.4, -0.2) is 72.5 Å². The third kappa shape index (κ3) is 5.65. The lowest BCUT2D eigenvalue weighted by Gasteiger charge is -2.21. The van der Waals surface area contributed by atoms with Crippen LogP contribution in [0.1, 0.15) is 16.7 Å². The number of benzene rings is 2. The van der Waals surface area contributed by atoms with Crippen LogP contribution in [0.2, 0.25) is 0 Å². The summed E-state index contributed by atoms with van der Waals surface area (Å²) in [6.07, 6.45) is 2.96. The highest BCUT2D eigenvalue weighted by atomic mass is 32.2. The van der Waals surface area contributed by atoms with E-state index >= 15 is 0 Å². The summed E-state index contributed by atoms with van der Waals surface area (Å²) >= 11 is 0. The first-order valence-corrected chi connectivity index (χ1v) is 14.1. The minimum Gasteiger partial charge on any atom is -0.454 e. The molecule has 1 aliphatic rings. The van der Waals surface area contributed by atoms with E-state index < -0.39 is 10.0 Å². The second-order valence-electron chi connectivity index (χ2n) is 9.45. The molecule has 3 heterocycles. The summed E-state index contributed by atoms with van der Waals surface area (Å²) in [5.74, 6) is 2.51. The number of anilines is 2. The Hall–Kier alpha value is -3.90. The van der Waals surface area contributed by atoms with Crippen LogP contribution in [0.25, 0.3) is 11.2 Å². The molecule has 200 valence electrons. The molecule has 0 saturated heterocycles. The van der Waals surface area contributed by atoms with E-state index in [0.717, 1.165) is 22.6 Å². The van der Waals surface area contributed by atoms with Crippen molar-refractivity contribution in [3.63, 3.8) is 0 Å². The number of ether oxygens (including phenoxy) is 2. The fourth-order valence-electron chi connectivity index (χ4n) is 4.03. The molecule has 2 aromatic carbocycles. The molecule has 0 atom stereocenters. The van der Waals surface area contributed by atoms with Gasteiger partial charge < -0.3 is 24.3 Å². The second-order valence-corrected chi connectivity index (χ2v) is 11.5. The first kappa shape index (κ1) is 25.7. The van der Waals surface area contributed by atoms with E-state index in [1.807, 2.05) is 34.7 Å². The molecule has 2 aromatic heterocycles. The maximum atomic E-state index is 11.8. The highest BCUT2D eigenvalue weighted by Gasteiger charge is 2.19. The Morgan fingerprint density at radius 2 is 1.74 bits per heavy atom. The number of aromatic nitrogens is 4. The third-order valence-corrected chi connectivity index (χ3v) is 7.80. The van der Waals surface area contributed by atoms with Gasteiger partial charge in [0.15, 0.2) is 28.5 Å². The number of nitrogens with zero attached hydrogens (tertiary/aromatic N) is 6. The molecule has 0 amide bonds. The summed E-state index contributed by atoms with van der Waals surface area (Å²) in [6, 6.07) is 14.2. The van der Waals surface area contributed by atoms with Gasteiger partial charge in [-0.2, -0.15) is 9.97 Å². The minimum atomic E-state index is -3.28. The smallest absolute Gasteiger partial charge is 0.231 e. The van der Waals surface area contributed by atoms with Gasteiger partial charge in [0.1, 0.15) is 0 Å². The van der Waals surface area contributed by atoms with Crippen LogP contribution in [0, 0.1) is 6.92 Å². The first-order valence-electron chi connectivity index (χ1n) is 12.2. The van der Waals surface area contributed by atoms with Gasteiger partial charge in [0.05, 0.1) is 19.1 Å². The van der Waals surface area contributed by atoms with Crippen LogP contribution in [0.15, 0.2) is 48.8 Å².